The van der Waals surface area contributed by atoms with E-state index >= 15 is 0 Å². The number of ether oxygens (including phenoxy) is 2. The first-order valence-corrected chi connectivity index (χ1v) is 13.8. The third kappa shape index (κ3) is 7.80. The van der Waals surface area contributed by atoms with E-state index < -0.39 is 63.1 Å². The Hall–Kier alpha value is -5.31. The summed E-state index contributed by atoms with van der Waals surface area (Å²) in [5.41, 5.74) is -1.42. The Balaban J connectivity index is 1.51. The lowest BCUT2D eigenvalue weighted by atomic mass is 10.0. The van der Waals surface area contributed by atoms with Crippen LogP contribution in [-0.2, 0) is 0 Å². The van der Waals surface area contributed by atoms with Gasteiger partial charge < -0.3 is 14.4 Å². The second-order valence-electron chi connectivity index (χ2n) is 10.0. The molecule has 4 aromatic carbocycles. The predicted molar refractivity (Wildman–Crippen MR) is 158 cm³/mol. The fourth-order valence-corrected chi connectivity index (χ4v) is 4.23. The SMILES string of the molecule is CCCCCOc1cc(N(C)C)ccc1N=Nc1ccc(C(=O)Oc2cc(F)c(-c3cc(F)c(C#N)c(F)c3)c(F)c2)c(F)c1. The van der Waals surface area contributed by atoms with Gasteiger partial charge >= 0.3 is 5.97 Å². The van der Waals surface area contributed by atoms with Crippen molar-refractivity contribution in [3.63, 3.8) is 0 Å². The number of benzene rings is 4. The maximum absolute atomic E-state index is 14.9. The van der Waals surface area contributed by atoms with Gasteiger partial charge in [0, 0.05) is 44.0 Å². The average Bonchev–Trinajstić information content (AvgIpc) is 2.98. The van der Waals surface area contributed by atoms with Gasteiger partial charge in [0.2, 0.25) is 0 Å². The molecule has 0 amide bonds. The summed E-state index contributed by atoms with van der Waals surface area (Å²) in [4.78, 5) is 14.5. The van der Waals surface area contributed by atoms with Crippen molar-refractivity contribution in [1.82, 2.24) is 0 Å². The van der Waals surface area contributed by atoms with Crippen molar-refractivity contribution in [3.05, 3.63) is 101 Å². The van der Waals surface area contributed by atoms with Crippen LogP contribution in [0.4, 0.5) is 39.0 Å². The van der Waals surface area contributed by atoms with E-state index in [0.29, 0.717) is 42.3 Å². The van der Waals surface area contributed by atoms with E-state index in [1.807, 2.05) is 31.1 Å². The van der Waals surface area contributed by atoms with Crippen LogP contribution in [0.2, 0.25) is 0 Å². The number of unbranched alkanes of at least 4 members (excludes halogenated alkanes) is 2. The Morgan fingerprint density at radius 3 is 2.13 bits per heavy atom. The molecule has 12 heteroatoms. The molecule has 0 atom stereocenters. The molecule has 0 spiro atoms. The first-order valence-electron chi connectivity index (χ1n) is 13.8. The summed E-state index contributed by atoms with van der Waals surface area (Å²) in [6.07, 6.45) is 2.91. The molecular weight excluding hydrogens is 595 g/mol. The summed E-state index contributed by atoms with van der Waals surface area (Å²) in [5, 5.41) is 17.0. The van der Waals surface area contributed by atoms with Crippen LogP contribution in [0.5, 0.6) is 11.5 Å². The Morgan fingerprint density at radius 2 is 1.53 bits per heavy atom. The molecule has 0 saturated carbocycles. The highest BCUT2D eigenvalue weighted by Crippen LogP contribution is 2.34. The molecule has 0 fully saturated rings. The largest absolute Gasteiger partial charge is 0.491 e. The van der Waals surface area contributed by atoms with Gasteiger partial charge in [-0.1, -0.05) is 19.8 Å². The minimum absolute atomic E-state index is 0.0704. The second-order valence-corrected chi connectivity index (χ2v) is 10.0. The molecule has 0 bridgehead atoms. The topological polar surface area (TPSA) is 87.3 Å². The van der Waals surface area contributed by atoms with Gasteiger partial charge in [-0.3, -0.25) is 0 Å². The molecule has 4 aromatic rings. The van der Waals surface area contributed by atoms with Crippen molar-refractivity contribution in [1.29, 1.82) is 5.26 Å². The van der Waals surface area contributed by atoms with E-state index in [2.05, 4.69) is 17.2 Å². The summed E-state index contributed by atoms with van der Waals surface area (Å²) in [5.74, 6) is -7.66. The molecule has 0 aliphatic carbocycles. The molecule has 0 N–H and O–H groups in total. The lowest BCUT2D eigenvalue weighted by Gasteiger charge is -2.15. The molecule has 0 aliphatic heterocycles. The van der Waals surface area contributed by atoms with Gasteiger partial charge in [-0.15, -0.1) is 5.11 Å². The van der Waals surface area contributed by atoms with Crippen LogP contribution in [0.25, 0.3) is 11.1 Å². The van der Waals surface area contributed by atoms with Crippen molar-refractivity contribution in [2.24, 2.45) is 10.2 Å². The smallest absolute Gasteiger partial charge is 0.346 e. The minimum atomic E-state index is -1.31. The first-order chi connectivity index (χ1) is 21.5. The summed E-state index contributed by atoms with van der Waals surface area (Å²) in [6.45, 7) is 2.57. The molecule has 45 heavy (non-hydrogen) atoms. The summed E-state index contributed by atoms with van der Waals surface area (Å²) in [6, 6.07) is 12.4. The summed E-state index contributed by atoms with van der Waals surface area (Å²) < 4.78 is 83.3. The van der Waals surface area contributed by atoms with Crippen LogP contribution in [0, 0.1) is 40.4 Å². The Labute approximate surface area is 256 Å². The van der Waals surface area contributed by atoms with Gasteiger partial charge in [0.05, 0.1) is 23.4 Å². The van der Waals surface area contributed by atoms with E-state index in [9.17, 15) is 26.7 Å². The number of esters is 1. The maximum atomic E-state index is 14.9. The zero-order chi connectivity index (χ0) is 32.7. The monoisotopic (exact) mass is 622 g/mol. The van der Waals surface area contributed by atoms with Crippen molar-refractivity contribution in [2.45, 2.75) is 26.2 Å². The van der Waals surface area contributed by atoms with E-state index in [1.54, 1.807) is 6.07 Å². The highest BCUT2D eigenvalue weighted by atomic mass is 19.1. The number of nitrogens with zero attached hydrogens (tertiary/aromatic N) is 4. The number of hydrogen-bond donors (Lipinski definition) is 0. The number of halogens is 5. The van der Waals surface area contributed by atoms with E-state index in [-0.39, 0.29) is 5.69 Å². The van der Waals surface area contributed by atoms with Gasteiger partial charge in [0.25, 0.3) is 0 Å². The molecule has 0 radical (unpaired) electrons. The zero-order valence-electron chi connectivity index (χ0n) is 24.5. The lowest BCUT2D eigenvalue weighted by Crippen LogP contribution is -2.11. The number of carbonyl (C=O) groups is 1. The minimum Gasteiger partial charge on any atom is -0.491 e. The Kier molecular flexibility index (Phi) is 10.5. The number of carbonyl (C=O) groups excluding carboxylic acids is 1. The number of hydrogen-bond acceptors (Lipinski definition) is 7. The quantitative estimate of drug-likeness (QED) is 0.0547. The highest BCUT2D eigenvalue weighted by Gasteiger charge is 2.21. The van der Waals surface area contributed by atoms with E-state index in [1.165, 1.54) is 12.1 Å². The summed E-state index contributed by atoms with van der Waals surface area (Å²) >= 11 is 0. The molecule has 0 aromatic heterocycles. The molecule has 232 valence electrons. The Bertz CT molecular complexity index is 1760. The van der Waals surface area contributed by atoms with Crippen LogP contribution in [0.3, 0.4) is 0 Å². The van der Waals surface area contributed by atoms with E-state index in [4.69, 9.17) is 14.7 Å². The number of nitriles is 1. The van der Waals surface area contributed by atoms with Crippen LogP contribution in [0.15, 0.2) is 70.9 Å². The number of azo groups is 1. The molecule has 7 nitrogen and oxygen atoms in total. The molecule has 0 heterocycles. The Morgan fingerprint density at radius 1 is 0.844 bits per heavy atom. The first kappa shape index (κ1) is 32.6. The highest BCUT2D eigenvalue weighted by molar-refractivity contribution is 5.91. The van der Waals surface area contributed by atoms with Gasteiger partial charge in [-0.2, -0.15) is 10.4 Å². The third-order valence-corrected chi connectivity index (χ3v) is 6.58. The van der Waals surface area contributed by atoms with Crippen LogP contribution >= 0.6 is 0 Å². The maximum Gasteiger partial charge on any atom is 0.346 e. The average molecular weight is 623 g/mol. The standard InChI is InChI=1S/C33H27F5N4O3/c1-4-5-6-11-44-31-15-21(42(2)3)8-10-30(31)41-40-20-7-9-23(27(36)14-20)33(43)45-22-16-28(37)32(29(38)17-22)19-12-25(34)24(18-39)26(35)13-19/h7-10,12-17H,4-6,11H2,1-3H3. The second kappa shape index (κ2) is 14.4. The zero-order valence-corrected chi connectivity index (χ0v) is 24.5. The van der Waals surface area contributed by atoms with Gasteiger partial charge in [-0.25, -0.2) is 26.7 Å². The van der Waals surface area contributed by atoms with Crippen molar-refractivity contribution in [2.75, 3.05) is 25.6 Å². The van der Waals surface area contributed by atoms with Crippen LogP contribution < -0.4 is 14.4 Å². The van der Waals surface area contributed by atoms with Crippen LogP contribution in [-0.4, -0.2) is 26.7 Å². The van der Waals surface area contributed by atoms with Crippen molar-refractivity contribution in [3.8, 4) is 28.7 Å². The molecule has 0 unspecified atom stereocenters. The van der Waals surface area contributed by atoms with Crippen molar-refractivity contribution < 1.29 is 36.2 Å². The lowest BCUT2D eigenvalue weighted by molar-refractivity contribution is 0.0729. The fourth-order valence-electron chi connectivity index (χ4n) is 4.23. The van der Waals surface area contributed by atoms with Crippen LogP contribution in [0.1, 0.15) is 42.1 Å². The van der Waals surface area contributed by atoms with E-state index in [0.717, 1.165) is 37.1 Å². The molecule has 4 rings (SSSR count). The summed E-state index contributed by atoms with van der Waals surface area (Å²) in [7, 11) is 3.77. The van der Waals surface area contributed by atoms with Gasteiger partial charge in [-0.05, 0) is 48.4 Å². The number of rotatable bonds is 11. The number of anilines is 1. The molecular formula is C33H27F5N4O3. The molecule has 0 saturated heterocycles. The predicted octanol–water partition coefficient (Wildman–Crippen LogP) is 9.19. The normalized spacial score (nSPS) is 11.0. The fraction of sp³-hybridized carbons (Fsp3) is 0.212. The molecule has 0 aliphatic rings. The van der Waals surface area contributed by atoms with Gasteiger partial charge in [0.1, 0.15) is 57.9 Å². The van der Waals surface area contributed by atoms with Gasteiger partial charge in [0.15, 0.2) is 0 Å². The third-order valence-electron chi connectivity index (χ3n) is 6.58. The van der Waals surface area contributed by atoms with Crippen molar-refractivity contribution >= 4 is 23.0 Å².